The van der Waals surface area contributed by atoms with E-state index < -0.39 is 0 Å². The average molecular weight is 735 g/mol. The molecule has 0 aromatic heterocycles. The lowest BCUT2D eigenvalue weighted by Crippen LogP contribution is -2.33. The van der Waals surface area contributed by atoms with E-state index in [0.29, 0.717) is 0 Å². The van der Waals surface area contributed by atoms with Gasteiger partial charge in [-0.05, 0) is 61.8 Å². The first-order valence-electron chi connectivity index (χ1n) is 22.8. The third-order valence-corrected chi connectivity index (χ3v) is 11.2. The maximum Gasteiger partial charge on any atom is 0.130 e. The molecular weight excluding hydrogens is 649 g/mol. The SMILES string of the molecule is CCCCCCCCCCCCCCC(N)CC(N)Cc1ccccc1Oc1ccccc1CC(N)CC(N)CCCCCCCCCCCCCC. The van der Waals surface area contributed by atoms with Crippen molar-refractivity contribution < 1.29 is 4.74 Å². The van der Waals surface area contributed by atoms with Gasteiger partial charge in [-0.2, -0.15) is 0 Å². The van der Waals surface area contributed by atoms with Crippen molar-refractivity contribution in [1.29, 1.82) is 0 Å². The number of ether oxygens (including phenoxy) is 1. The number of hydrogen-bond acceptors (Lipinski definition) is 5. The van der Waals surface area contributed by atoms with Crippen LogP contribution in [0.3, 0.4) is 0 Å². The molecule has 0 saturated carbocycles. The molecule has 0 aliphatic rings. The number of benzene rings is 2. The molecule has 2 aromatic rings. The Labute approximate surface area is 328 Å². The van der Waals surface area contributed by atoms with E-state index in [0.717, 1.165) is 61.2 Å². The first-order valence-corrected chi connectivity index (χ1v) is 22.8. The first kappa shape index (κ1) is 47.2. The summed E-state index contributed by atoms with van der Waals surface area (Å²) < 4.78 is 6.58. The third kappa shape index (κ3) is 25.0. The van der Waals surface area contributed by atoms with Crippen LogP contribution in [-0.4, -0.2) is 24.2 Å². The number of unbranched alkanes of at least 4 members (excludes halogenated alkanes) is 22. The summed E-state index contributed by atoms with van der Waals surface area (Å²) >= 11 is 0. The molecule has 2 rings (SSSR count). The van der Waals surface area contributed by atoms with Crippen LogP contribution in [0.4, 0.5) is 0 Å². The monoisotopic (exact) mass is 735 g/mol. The highest BCUT2D eigenvalue weighted by Crippen LogP contribution is 2.30. The highest BCUT2D eigenvalue weighted by Gasteiger charge is 2.16. The minimum absolute atomic E-state index is 0.00216. The summed E-state index contributed by atoms with van der Waals surface area (Å²) in [6.07, 6.45) is 38.0. The van der Waals surface area contributed by atoms with Crippen LogP contribution in [0.25, 0.3) is 0 Å². The fourth-order valence-corrected chi connectivity index (χ4v) is 7.90. The molecule has 0 saturated heterocycles. The van der Waals surface area contributed by atoms with Crippen LogP contribution >= 0.6 is 0 Å². The average Bonchev–Trinajstić information content (AvgIpc) is 3.14. The summed E-state index contributed by atoms with van der Waals surface area (Å²) in [7, 11) is 0. The van der Waals surface area contributed by atoms with Crippen molar-refractivity contribution in [2.75, 3.05) is 0 Å². The van der Waals surface area contributed by atoms with E-state index in [-0.39, 0.29) is 24.2 Å². The summed E-state index contributed by atoms with van der Waals surface area (Å²) in [6, 6.07) is 16.9. The van der Waals surface area contributed by atoms with Gasteiger partial charge in [-0.3, -0.25) is 0 Å². The fraction of sp³-hybridized carbons (Fsp3) is 0.750. The molecule has 53 heavy (non-hydrogen) atoms. The second kappa shape index (κ2) is 32.3. The van der Waals surface area contributed by atoms with Gasteiger partial charge in [0.2, 0.25) is 0 Å². The molecule has 304 valence electrons. The van der Waals surface area contributed by atoms with Gasteiger partial charge in [0.25, 0.3) is 0 Å². The van der Waals surface area contributed by atoms with Crippen molar-refractivity contribution in [3.8, 4) is 11.5 Å². The predicted molar refractivity (Wildman–Crippen MR) is 233 cm³/mol. The lowest BCUT2D eigenvalue weighted by molar-refractivity contribution is 0.442. The van der Waals surface area contributed by atoms with Gasteiger partial charge in [0.05, 0.1) is 0 Å². The molecule has 5 heteroatoms. The minimum atomic E-state index is 0.00216. The van der Waals surface area contributed by atoms with Gasteiger partial charge in [-0.1, -0.05) is 204 Å². The number of para-hydroxylation sites is 2. The summed E-state index contributed by atoms with van der Waals surface area (Å²) in [5.74, 6) is 1.73. The second-order valence-electron chi connectivity index (χ2n) is 16.6. The van der Waals surface area contributed by atoms with Crippen LogP contribution in [0.15, 0.2) is 48.5 Å². The van der Waals surface area contributed by atoms with Crippen molar-refractivity contribution >= 4 is 0 Å². The number of nitrogens with two attached hydrogens (primary N) is 4. The summed E-state index contributed by atoms with van der Waals surface area (Å²) in [6.45, 7) is 4.57. The van der Waals surface area contributed by atoms with Crippen LogP contribution in [0.1, 0.15) is 205 Å². The fourth-order valence-electron chi connectivity index (χ4n) is 7.90. The van der Waals surface area contributed by atoms with Gasteiger partial charge in [0.1, 0.15) is 11.5 Å². The normalized spacial score (nSPS) is 13.9. The molecule has 0 spiro atoms. The largest absolute Gasteiger partial charge is 0.457 e. The Hall–Kier alpha value is -1.92. The van der Waals surface area contributed by atoms with Gasteiger partial charge >= 0.3 is 0 Å². The van der Waals surface area contributed by atoms with E-state index in [9.17, 15) is 0 Å². The van der Waals surface area contributed by atoms with E-state index in [1.165, 1.54) is 154 Å². The topological polar surface area (TPSA) is 113 Å². The van der Waals surface area contributed by atoms with E-state index in [4.69, 9.17) is 27.7 Å². The molecule has 0 radical (unpaired) electrons. The zero-order valence-electron chi connectivity index (χ0n) is 34.9. The number of hydrogen-bond donors (Lipinski definition) is 4. The van der Waals surface area contributed by atoms with E-state index >= 15 is 0 Å². The van der Waals surface area contributed by atoms with E-state index in [2.05, 4.69) is 50.2 Å². The zero-order chi connectivity index (χ0) is 38.2. The highest BCUT2D eigenvalue weighted by molar-refractivity contribution is 5.42. The van der Waals surface area contributed by atoms with Crippen LogP contribution in [-0.2, 0) is 12.8 Å². The third-order valence-electron chi connectivity index (χ3n) is 11.2. The van der Waals surface area contributed by atoms with Crippen LogP contribution in [0, 0.1) is 0 Å². The van der Waals surface area contributed by atoms with Crippen molar-refractivity contribution in [3.05, 3.63) is 59.7 Å². The first-order chi connectivity index (χ1) is 25.9. The highest BCUT2D eigenvalue weighted by atomic mass is 16.5. The summed E-state index contributed by atoms with van der Waals surface area (Å²) in [4.78, 5) is 0. The Morgan fingerprint density at radius 3 is 0.981 bits per heavy atom. The smallest absolute Gasteiger partial charge is 0.130 e. The maximum absolute atomic E-state index is 6.68. The quantitative estimate of drug-likeness (QED) is 0.0521. The van der Waals surface area contributed by atoms with Gasteiger partial charge in [0, 0.05) is 24.2 Å². The second-order valence-corrected chi connectivity index (χ2v) is 16.6. The Balaban J connectivity index is 1.66. The zero-order valence-corrected chi connectivity index (χ0v) is 34.9. The van der Waals surface area contributed by atoms with Crippen molar-refractivity contribution in [1.82, 2.24) is 0 Å². The molecule has 2 aromatic carbocycles. The molecule has 0 heterocycles. The molecule has 0 aliphatic carbocycles. The van der Waals surface area contributed by atoms with Gasteiger partial charge < -0.3 is 27.7 Å². The predicted octanol–water partition coefficient (Wildman–Crippen LogP) is 12.8. The minimum Gasteiger partial charge on any atom is -0.457 e. The Kier molecular flexibility index (Phi) is 28.8. The molecule has 4 atom stereocenters. The maximum atomic E-state index is 6.68. The molecule has 0 amide bonds. The lowest BCUT2D eigenvalue weighted by Gasteiger charge is -2.21. The van der Waals surface area contributed by atoms with Gasteiger partial charge in [-0.15, -0.1) is 0 Å². The van der Waals surface area contributed by atoms with Crippen molar-refractivity contribution in [3.63, 3.8) is 0 Å². The molecular formula is C48H86N4O. The Morgan fingerprint density at radius 1 is 0.377 bits per heavy atom. The summed E-state index contributed by atoms with van der Waals surface area (Å²) in [5, 5.41) is 0. The van der Waals surface area contributed by atoms with Gasteiger partial charge in [-0.25, -0.2) is 0 Å². The molecule has 5 nitrogen and oxygen atoms in total. The van der Waals surface area contributed by atoms with Crippen molar-refractivity contribution in [2.24, 2.45) is 22.9 Å². The molecule has 8 N–H and O–H groups in total. The van der Waals surface area contributed by atoms with E-state index in [1.54, 1.807) is 0 Å². The van der Waals surface area contributed by atoms with Crippen LogP contribution in [0.2, 0.25) is 0 Å². The molecule has 0 fully saturated rings. The Bertz CT molecular complexity index is 1020. The number of rotatable bonds is 36. The molecule has 0 aliphatic heterocycles. The van der Waals surface area contributed by atoms with Crippen molar-refractivity contribution in [2.45, 2.75) is 231 Å². The van der Waals surface area contributed by atoms with Crippen LogP contribution in [0.5, 0.6) is 11.5 Å². The van der Waals surface area contributed by atoms with E-state index in [1.807, 2.05) is 12.1 Å². The van der Waals surface area contributed by atoms with Crippen LogP contribution < -0.4 is 27.7 Å². The lowest BCUT2D eigenvalue weighted by atomic mass is 9.96. The summed E-state index contributed by atoms with van der Waals surface area (Å²) in [5.41, 5.74) is 28.7. The molecule has 0 bridgehead atoms. The van der Waals surface area contributed by atoms with Gasteiger partial charge in [0.15, 0.2) is 0 Å². The standard InChI is InChI=1S/C48H86N4O/c1-3-5-7-9-11-13-15-17-19-21-23-25-33-43(49)39-45(51)37-41-31-27-29-35-47(41)53-48-36-30-28-32-42(48)38-46(52)40-44(50)34-26-24-22-20-18-16-14-12-10-8-6-4-2/h27-32,35-36,43-46H,3-26,33-34,37-40,49-52H2,1-2H3. The molecule has 4 unspecified atom stereocenters. The Morgan fingerprint density at radius 2 is 0.660 bits per heavy atom.